The van der Waals surface area contributed by atoms with Gasteiger partial charge in [0.15, 0.2) is 0 Å². The minimum absolute atomic E-state index is 0.593. The molecule has 19 heavy (non-hydrogen) atoms. The number of hydrogen-bond acceptors (Lipinski definition) is 2. The van der Waals surface area contributed by atoms with Crippen LogP contribution < -0.4 is 10.2 Å². The molecule has 1 heterocycles. The van der Waals surface area contributed by atoms with E-state index in [1.54, 1.807) is 0 Å². The quantitative estimate of drug-likeness (QED) is 0.871. The number of rotatable bonds is 5. The van der Waals surface area contributed by atoms with E-state index in [1.165, 1.54) is 42.6 Å². The maximum Gasteiger partial charge on any atom is 0.0401 e. The van der Waals surface area contributed by atoms with Gasteiger partial charge < -0.3 is 10.2 Å². The van der Waals surface area contributed by atoms with Gasteiger partial charge in [0.2, 0.25) is 0 Å². The fraction of sp³-hybridized carbons (Fsp3) is 0.647. The molecule has 1 aromatic carbocycles. The summed E-state index contributed by atoms with van der Waals surface area (Å²) in [6, 6.07) is 8.13. The lowest BCUT2D eigenvalue weighted by Gasteiger charge is -2.37. The summed E-state index contributed by atoms with van der Waals surface area (Å²) in [6.07, 6.45) is 3.74. The lowest BCUT2D eigenvalue weighted by atomic mass is 9.97. The molecule has 0 aliphatic carbocycles. The van der Waals surface area contributed by atoms with Gasteiger partial charge in [-0.25, -0.2) is 0 Å². The standard InChI is InChI=1S/C17H28N2/c1-5-18-14(3)12-15(4)19-10-6-7-16-11-13(2)8-9-17(16)19/h8-9,11,14-15,18H,5-7,10,12H2,1-4H3. The Morgan fingerprint density at radius 3 is 2.84 bits per heavy atom. The zero-order valence-corrected chi connectivity index (χ0v) is 12.9. The topological polar surface area (TPSA) is 15.3 Å². The highest BCUT2D eigenvalue weighted by Gasteiger charge is 2.22. The van der Waals surface area contributed by atoms with Crippen LogP contribution in [0.15, 0.2) is 18.2 Å². The van der Waals surface area contributed by atoms with Crippen molar-refractivity contribution < 1.29 is 0 Å². The highest BCUT2D eigenvalue weighted by atomic mass is 15.2. The van der Waals surface area contributed by atoms with Gasteiger partial charge in [-0.3, -0.25) is 0 Å². The Kier molecular flexibility index (Phi) is 4.87. The predicted molar refractivity (Wildman–Crippen MR) is 84.1 cm³/mol. The van der Waals surface area contributed by atoms with Crippen molar-refractivity contribution in [2.45, 2.75) is 59.0 Å². The number of aryl methyl sites for hydroxylation is 2. The Hall–Kier alpha value is -1.02. The average Bonchev–Trinajstić information content (AvgIpc) is 2.37. The fourth-order valence-corrected chi connectivity index (χ4v) is 3.28. The zero-order valence-electron chi connectivity index (χ0n) is 12.9. The Balaban J connectivity index is 2.10. The molecular weight excluding hydrogens is 232 g/mol. The van der Waals surface area contributed by atoms with E-state index in [1.807, 2.05) is 0 Å². The average molecular weight is 260 g/mol. The highest BCUT2D eigenvalue weighted by molar-refractivity contribution is 5.57. The van der Waals surface area contributed by atoms with Crippen LogP contribution >= 0.6 is 0 Å². The van der Waals surface area contributed by atoms with Crippen molar-refractivity contribution >= 4 is 5.69 Å². The molecule has 2 heteroatoms. The third-order valence-corrected chi connectivity index (χ3v) is 4.17. The SMILES string of the molecule is CCNC(C)CC(C)N1CCCc2cc(C)ccc21. The summed E-state index contributed by atoms with van der Waals surface area (Å²) in [5.41, 5.74) is 4.39. The molecule has 2 atom stereocenters. The Bertz CT molecular complexity index is 414. The molecule has 0 fully saturated rings. The third-order valence-electron chi connectivity index (χ3n) is 4.17. The molecule has 0 spiro atoms. The molecule has 106 valence electrons. The fourth-order valence-electron chi connectivity index (χ4n) is 3.28. The van der Waals surface area contributed by atoms with Crippen molar-refractivity contribution in [2.24, 2.45) is 0 Å². The summed E-state index contributed by atoms with van der Waals surface area (Å²) < 4.78 is 0. The molecule has 1 aliphatic rings. The normalized spacial score (nSPS) is 18.0. The van der Waals surface area contributed by atoms with E-state index < -0.39 is 0 Å². The van der Waals surface area contributed by atoms with Crippen LogP contribution in [-0.4, -0.2) is 25.2 Å². The summed E-state index contributed by atoms with van der Waals surface area (Å²) in [5.74, 6) is 0. The van der Waals surface area contributed by atoms with Crippen molar-refractivity contribution in [3.63, 3.8) is 0 Å². The van der Waals surface area contributed by atoms with Crippen LogP contribution in [-0.2, 0) is 6.42 Å². The van der Waals surface area contributed by atoms with Gasteiger partial charge in [-0.2, -0.15) is 0 Å². The molecule has 0 saturated heterocycles. The minimum atomic E-state index is 0.593. The first-order chi connectivity index (χ1) is 9.11. The number of nitrogens with zero attached hydrogens (tertiary/aromatic N) is 1. The molecule has 0 bridgehead atoms. The maximum absolute atomic E-state index is 3.52. The van der Waals surface area contributed by atoms with Gasteiger partial charge in [0.25, 0.3) is 0 Å². The molecule has 1 aliphatic heterocycles. The predicted octanol–water partition coefficient (Wildman–Crippen LogP) is 3.52. The van der Waals surface area contributed by atoms with E-state index in [-0.39, 0.29) is 0 Å². The number of hydrogen-bond donors (Lipinski definition) is 1. The second-order valence-corrected chi connectivity index (χ2v) is 5.97. The van der Waals surface area contributed by atoms with Gasteiger partial charge in [-0.1, -0.05) is 24.6 Å². The first-order valence-electron chi connectivity index (χ1n) is 7.71. The number of benzene rings is 1. The summed E-state index contributed by atoms with van der Waals surface area (Å²) in [5, 5.41) is 3.52. The third kappa shape index (κ3) is 3.50. The van der Waals surface area contributed by atoms with Crippen molar-refractivity contribution in [2.75, 3.05) is 18.0 Å². The minimum Gasteiger partial charge on any atom is -0.369 e. The molecule has 1 aromatic rings. The van der Waals surface area contributed by atoms with Gasteiger partial charge in [0.05, 0.1) is 0 Å². The molecule has 1 N–H and O–H groups in total. The summed E-state index contributed by atoms with van der Waals surface area (Å²) >= 11 is 0. The van der Waals surface area contributed by atoms with Crippen LogP contribution in [0.5, 0.6) is 0 Å². The molecule has 0 aromatic heterocycles. The van der Waals surface area contributed by atoms with Crippen LogP contribution in [0, 0.1) is 6.92 Å². The lowest BCUT2D eigenvalue weighted by Crippen LogP contribution is -2.41. The van der Waals surface area contributed by atoms with E-state index in [4.69, 9.17) is 0 Å². The summed E-state index contributed by atoms with van der Waals surface area (Å²) in [4.78, 5) is 2.60. The lowest BCUT2D eigenvalue weighted by molar-refractivity contribution is 0.460. The second kappa shape index (κ2) is 6.42. The van der Waals surface area contributed by atoms with Crippen molar-refractivity contribution in [3.8, 4) is 0 Å². The highest BCUT2D eigenvalue weighted by Crippen LogP contribution is 2.30. The Labute approximate surface area is 118 Å². The van der Waals surface area contributed by atoms with E-state index in [0.717, 1.165) is 6.54 Å². The van der Waals surface area contributed by atoms with Gasteiger partial charge in [-0.15, -0.1) is 0 Å². The van der Waals surface area contributed by atoms with Gasteiger partial charge in [0.1, 0.15) is 0 Å². The molecule has 2 unspecified atom stereocenters. The molecular formula is C17H28N2. The van der Waals surface area contributed by atoms with Crippen molar-refractivity contribution in [3.05, 3.63) is 29.3 Å². The monoisotopic (exact) mass is 260 g/mol. The Morgan fingerprint density at radius 1 is 1.32 bits per heavy atom. The number of nitrogens with one attached hydrogen (secondary N) is 1. The first kappa shape index (κ1) is 14.4. The number of fused-ring (bicyclic) bond motifs is 1. The zero-order chi connectivity index (χ0) is 13.8. The van der Waals surface area contributed by atoms with E-state index >= 15 is 0 Å². The van der Waals surface area contributed by atoms with Crippen LogP contribution in [0.25, 0.3) is 0 Å². The summed E-state index contributed by atoms with van der Waals surface area (Å²) in [6.45, 7) is 11.3. The van der Waals surface area contributed by atoms with Gasteiger partial charge in [0, 0.05) is 24.3 Å². The second-order valence-electron chi connectivity index (χ2n) is 5.97. The smallest absolute Gasteiger partial charge is 0.0401 e. The molecule has 2 nitrogen and oxygen atoms in total. The van der Waals surface area contributed by atoms with E-state index in [2.05, 4.69) is 56.1 Å². The van der Waals surface area contributed by atoms with Crippen LogP contribution in [0.1, 0.15) is 44.7 Å². The maximum atomic E-state index is 3.52. The van der Waals surface area contributed by atoms with Gasteiger partial charge >= 0.3 is 0 Å². The molecule has 0 amide bonds. The first-order valence-corrected chi connectivity index (χ1v) is 7.71. The van der Waals surface area contributed by atoms with Crippen molar-refractivity contribution in [1.82, 2.24) is 5.32 Å². The van der Waals surface area contributed by atoms with Crippen LogP contribution in [0.3, 0.4) is 0 Å². The molecule has 2 rings (SSSR count). The number of anilines is 1. The Morgan fingerprint density at radius 2 is 2.11 bits per heavy atom. The van der Waals surface area contributed by atoms with E-state index in [9.17, 15) is 0 Å². The summed E-state index contributed by atoms with van der Waals surface area (Å²) in [7, 11) is 0. The largest absolute Gasteiger partial charge is 0.369 e. The van der Waals surface area contributed by atoms with Gasteiger partial charge in [-0.05, 0) is 58.2 Å². The molecule has 0 saturated carbocycles. The van der Waals surface area contributed by atoms with Crippen LogP contribution in [0.4, 0.5) is 5.69 Å². The molecule has 0 radical (unpaired) electrons. The van der Waals surface area contributed by atoms with Crippen molar-refractivity contribution in [1.29, 1.82) is 0 Å². The van der Waals surface area contributed by atoms with Crippen LogP contribution in [0.2, 0.25) is 0 Å². The van der Waals surface area contributed by atoms with E-state index in [0.29, 0.717) is 12.1 Å².